The summed E-state index contributed by atoms with van der Waals surface area (Å²) in [6, 6.07) is 29.1. The van der Waals surface area contributed by atoms with Crippen molar-refractivity contribution in [3.63, 3.8) is 0 Å². The van der Waals surface area contributed by atoms with Gasteiger partial charge in [-0.3, -0.25) is 9.52 Å². The molecule has 6 heteroatoms. The first-order valence-electron chi connectivity index (χ1n) is 10.5. The van der Waals surface area contributed by atoms with Crippen LogP contribution in [0.4, 0.5) is 11.4 Å². The van der Waals surface area contributed by atoms with Crippen molar-refractivity contribution < 1.29 is 13.2 Å². The van der Waals surface area contributed by atoms with Crippen molar-refractivity contribution in [3.8, 4) is 11.1 Å². The number of benzene rings is 4. The number of amides is 1. The van der Waals surface area contributed by atoms with Crippen LogP contribution in [0.1, 0.15) is 21.5 Å². The lowest BCUT2D eigenvalue weighted by Gasteiger charge is -2.14. The van der Waals surface area contributed by atoms with Crippen LogP contribution in [0.15, 0.2) is 102 Å². The minimum Gasteiger partial charge on any atom is -0.321 e. The van der Waals surface area contributed by atoms with Gasteiger partial charge in [0.1, 0.15) is 0 Å². The van der Waals surface area contributed by atoms with E-state index in [9.17, 15) is 13.2 Å². The van der Waals surface area contributed by atoms with E-state index in [1.165, 1.54) is 6.07 Å². The molecule has 0 heterocycles. The first kappa shape index (κ1) is 22.3. The van der Waals surface area contributed by atoms with Gasteiger partial charge in [-0.05, 0) is 54.8 Å². The first-order chi connectivity index (χ1) is 15.8. The summed E-state index contributed by atoms with van der Waals surface area (Å²) in [5.41, 5.74) is 4.63. The molecule has 0 aliphatic heterocycles. The van der Waals surface area contributed by atoms with E-state index in [4.69, 9.17) is 0 Å². The fraction of sp³-hybridized carbons (Fsp3) is 0.0741. The van der Waals surface area contributed by atoms with Gasteiger partial charge in [0.05, 0.1) is 10.6 Å². The Morgan fingerprint density at radius 3 is 2.06 bits per heavy atom. The van der Waals surface area contributed by atoms with E-state index in [0.717, 1.165) is 16.7 Å². The van der Waals surface area contributed by atoms with Gasteiger partial charge in [-0.2, -0.15) is 0 Å². The van der Waals surface area contributed by atoms with E-state index in [2.05, 4.69) is 10.0 Å². The third kappa shape index (κ3) is 4.96. The van der Waals surface area contributed by atoms with Crippen LogP contribution in [-0.4, -0.2) is 14.3 Å². The Balaban J connectivity index is 1.64. The predicted octanol–water partition coefficient (Wildman–Crippen LogP) is 6.02. The second-order valence-electron chi connectivity index (χ2n) is 7.77. The smallest absolute Gasteiger partial charge is 0.262 e. The minimum atomic E-state index is -3.88. The van der Waals surface area contributed by atoms with Gasteiger partial charge in [-0.1, -0.05) is 72.8 Å². The van der Waals surface area contributed by atoms with E-state index in [0.29, 0.717) is 16.9 Å². The van der Waals surface area contributed by atoms with E-state index in [1.807, 2.05) is 73.7 Å². The predicted molar refractivity (Wildman–Crippen MR) is 133 cm³/mol. The summed E-state index contributed by atoms with van der Waals surface area (Å²) in [6.07, 6.45) is 0. The van der Waals surface area contributed by atoms with Gasteiger partial charge in [0.25, 0.3) is 15.9 Å². The number of nitrogens with one attached hydrogen (secondary N) is 2. The van der Waals surface area contributed by atoms with Gasteiger partial charge in [0, 0.05) is 16.8 Å². The van der Waals surface area contributed by atoms with Crippen LogP contribution in [0.2, 0.25) is 0 Å². The monoisotopic (exact) mass is 456 g/mol. The number of carbonyl (C=O) groups is 1. The molecule has 5 nitrogen and oxygen atoms in total. The topological polar surface area (TPSA) is 75.3 Å². The molecule has 0 saturated heterocycles. The van der Waals surface area contributed by atoms with Crippen molar-refractivity contribution >= 4 is 27.3 Å². The van der Waals surface area contributed by atoms with Crippen LogP contribution in [0.5, 0.6) is 0 Å². The van der Waals surface area contributed by atoms with Crippen LogP contribution in [0, 0.1) is 13.8 Å². The molecule has 0 aliphatic rings. The number of para-hydroxylation sites is 2. The largest absolute Gasteiger partial charge is 0.321 e. The van der Waals surface area contributed by atoms with Gasteiger partial charge in [0.15, 0.2) is 0 Å². The number of anilines is 2. The Morgan fingerprint density at radius 2 is 1.33 bits per heavy atom. The third-order valence-corrected chi connectivity index (χ3v) is 6.90. The average molecular weight is 457 g/mol. The molecule has 1 amide bonds. The highest BCUT2D eigenvalue weighted by Gasteiger charge is 2.20. The van der Waals surface area contributed by atoms with Gasteiger partial charge >= 0.3 is 0 Å². The highest BCUT2D eigenvalue weighted by Crippen LogP contribution is 2.28. The first-order valence-corrected chi connectivity index (χ1v) is 12.0. The number of aryl methyl sites for hydroxylation is 2. The van der Waals surface area contributed by atoms with E-state index in [1.54, 1.807) is 31.2 Å². The molecule has 4 aromatic carbocycles. The molecule has 0 atom stereocenters. The molecule has 4 rings (SSSR count). The summed E-state index contributed by atoms with van der Waals surface area (Å²) in [4.78, 5) is 13.1. The molecule has 166 valence electrons. The molecule has 0 fully saturated rings. The van der Waals surface area contributed by atoms with Crippen LogP contribution in [0.3, 0.4) is 0 Å². The van der Waals surface area contributed by atoms with Gasteiger partial charge < -0.3 is 5.32 Å². The van der Waals surface area contributed by atoms with Crippen LogP contribution in [-0.2, 0) is 10.0 Å². The molecule has 2 N–H and O–H groups in total. The SMILES string of the molecule is Cc1ccccc1NS(=O)(=O)c1cc(C(=O)Nc2ccccc2-c2ccccc2)ccc1C. The normalized spacial score (nSPS) is 11.1. The summed E-state index contributed by atoms with van der Waals surface area (Å²) in [7, 11) is -3.88. The fourth-order valence-electron chi connectivity index (χ4n) is 3.57. The van der Waals surface area contributed by atoms with E-state index in [-0.39, 0.29) is 16.4 Å². The molecule has 0 radical (unpaired) electrons. The zero-order valence-electron chi connectivity index (χ0n) is 18.4. The summed E-state index contributed by atoms with van der Waals surface area (Å²) in [6.45, 7) is 3.54. The lowest BCUT2D eigenvalue weighted by Crippen LogP contribution is -2.17. The summed E-state index contributed by atoms with van der Waals surface area (Å²) in [5.74, 6) is -0.384. The maximum atomic E-state index is 13.1. The number of sulfonamides is 1. The van der Waals surface area contributed by atoms with Crippen molar-refractivity contribution in [3.05, 3.63) is 114 Å². The Kier molecular flexibility index (Phi) is 6.29. The average Bonchev–Trinajstić information content (AvgIpc) is 2.81. The molecular formula is C27H24N2O3S. The maximum absolute atomic E-state index is 13.1. The van der Waals surface area contributed by atoms with Crippen LogP contribution in [0.25, 0.3) is 11.1 Å². The Labute approximate surface area is 194 Å². The third-order valence-electron chi connectivity index (χ3n) is 5.39. The zero-order chi connectivity index (χ0) is 23.4. The molecule has 4 aromatic rings. The molecule has 0 aromatic heterocycles. The number of rotatable bonds is 6. The quantitative estimate of drug-likeness (QED) is 0.372. The van der Waals surface area contributed by atoms with E-state index < -0.39 is 10.0 Å². The van der Waals surface area contributed by atoms with Gasteiger partial charge in [0.2, 0.25) is 0 Å². The molecule has 33 heavy (non-hydrogen) atoms. The lowest BCUT2D eigenvalue weighted by molar-refractivity contribution is 0.102. The minimum absolute atomic E-state index is 0.0646. The van der Waals surface area contributed by atoms with Crippen molar-refractivity contribution in [2.24, 2.45) is 0 Å². The molecular weight excluding hydrogens is 432 g/mol. The van der Waals surface area contributed by atoms with Crippen LogP contribution >= 0.6 is 0 Å². The molecule has 0 aliphatic carbocycles. The highest BCUT2D eigenvalue weighted by molar-refractivity contribution is 7.92. The molecule has 0 bridgehead atoms. The second-order valence-corrected chi connectivity index (χ2v) is 9.42. The van der Waals surface area contributed by atoms with Gasteiger partial charge in [-0.25, -0.2) is 8.42 Å². The van der Waals surface area contributed by atoms with Crippen LogP contribution < -0.4 is 10.0 Å². The van der Waals surface area contributed by atoms with Crippen molar-refractivity contribution in [1.82, 2.24) is 0 Å². The summed E-state index contributed by atoms with van der Waals surface area (Å²) < 4.78 is 28.8. The summed E-state index contributed by atoms with van der Waals surface area (Å²) in [5, 5.41) is 2.93. The van der Waals surface area contributed by atoms with Gasteiger partial charge in [-0.15, -0.1) is 0 Å². The van der Waals surface area contributed by atoms with Crippen molar-refractivity contribution in [2.75, 3.05) is 10.0 Å². The Bertz CT molecular complexity index is 1410. The Hall–Kier alpha value is -3.90. The highest BCUT2D eigenvalue weighted by atomic mass is 32.2. The zero-order valence-corrected chi connectivity index (χ0v) is 19.2. The van der Waals surface area contributed by atoms with E-state index >= 15 is 0 Å². The van der Waals surface area contributed by atoms with Crippen molar-refractivity contribution in [1.29, 1.82) is 0 Å². The molecule has 0 saturated carbocycles. The second kappa shape index (κ2) is 9.30. The maximum Gasteiger partial charge on any atom is 0.262 e. The molecule has 0 unspecified atom stereocenters. The lowest BCUT2D eigenvalue weighted by atomic mass is 10.0. The fourth-order valence-corrected chi connectivity index (χ4v) is 4.98. The standard InChI is InChI=1S/C27H24N2O3S/c1-19-10-6-8-14-24(19)29-33(31,32)26-18-22(17-16-20(26)2)27(30)28-25-15-9-7-13-23(25)21-11-4-3-5-12-21/h3-18,29H,1-2H3,(H,28,30). The molecule has 0 spiro atoms. The number of hydrogen-bond acceptors (Lipinski definition) is 3. The number of carbonyl (C=O) groups excluding carboxylic acids is 1. The number of hydrogen-bond donors (Lipinski definition) is 2. The summed E-state index contributed by atoms with van der Waals surface area (Å²) >= 11 is 0. The van der Waals surface area contributed by atoms with Crippen molar-refractivity contribution in [2.45, 2.75) is 18.7 Å². The Morgan fingerprint density at radius 1 is 0.697 bits per heavy atom.